The van der Waals surface area contributed by atoms with Crippen molar-refractivity contribution < 1.29 is 22.7 Å². The van der Waals surface area contributed by atoms with Crippen molar-refractivity contribution in [2.24, 2.45) is 0 Å². The molecule has 0 saturated carbocycles. The second-order valence-electron chi connectivity index (χ2n) is 6.90. The predicted octanol–water partition coefficient (Wildman–Crippen LogP) is 4.19. The van der Waals surface area contributed by atoms with Crippen LogP contribution < -0.4 is 5.56 Å². The minimum absolute atomic E-state index is 0.0620. The monoisotopic (exact) mass is 469 g/mol. The maximum Gasteiger partial charge on any atom is 0.416 e. The van der Waals surface area contributed by atoms with E-state index in [1.807, 2.05) is 0 Å². The molecule has 1 aromatic heterocycles. The highest BCUT2D eigenvalue weighted by Crippen LogP contribution is 2.33. The van der Waals surface area contributed by atoms with E-state index >= 15 is 0 Å². The first-order valence-electron chi connectivity index (χ1n) is 9.20. The molecule has 11 heteroatoms. The average molecular weight is 470 g/mol. The number of amides is 1. The van der Waals surface area contributed by atoms with Gasteiger partial charge in [-0.1, -0.05) is 11.6 Å². The molecule has 0 bridgehead atoms. The molecule has 0 atom stereocenters. The van der Waals surface area contributed by atoms with Gasteiger partial charge in [0.25, 0.3) is 11.5 Å². The van der Waals surface area contributed by atoms with E-state index in [0.717, 1.165) is 22.8 Å². The van der Waals surface area contributed by atoms with Crippen molar-refractivity contribution in [1.82, 2.24) is 14.5 Å². The smallest absolute Gasteiger partial charge is 0.378 e. The van der Waals surface area contributed by atoms with Crippen molar-refractivity contribution in [2.45, 2.75) is 6.18 Å². The Morgan fingerprint density at radius 3 is 2.52 bits per heavy atom. The third-order valence-electron chi connectivity index (χ3n) is 4.96. The number of ether oxygens (including phenoxy) is 1. The summed E-state index contributed by atoms with van der Waals surface area (Å²) in [6.45, 7) is 1.82. The van der Waals surface area contributed by atoms with E-state index in [9.17, 15) is 22.8 Å². The van der Waals surface area contributed by atoms with Crippen LogP contribution >= 0.6 is 23.8 Å². The molecule has 0 aliphatic carbocycles. The van der Waals surface area contributed by atoms with Crippen LogP contribution in [-0.2, 0) is 10.9 Å². The lowest BCUT2D eigenvalue weighted by molar-refractivity contribution is -0.137. The quantitative estimate of drug-likeness (QED) is 0.571. The summed E-state index contributed by atoms with van der Waals surface area (Å²) in [6.07, 6.45) is -4.61. The zero-order valence-corrected chi connectivity index (χ0v) is 17.4. The fourth-order valence-corrected chi connectivity index (χ4v) is 3.87. The van der Waals surface area contributed by atoms with Gasteiger partial charge in [0.15, 0.2) is 4.77 Å². The van der Waals surface area contributed by atoms with Crippen LogP contribution in [-0.4, -0.2) is 46.7 Å². The van der Waals surface area contributed by atoms with Crippen LogP contribution in [0.5, 0.6) is 0 Å². The van der Waals surface area contributed by atoms with Crippen molar-refractivity contribution in [2.75, 3.05) is 26.3 Å². The highest BCUT2D eigenvalue weighted by Gasteiger charge is 2.31. The second-order valence-corrected chi connectivity index (χ2v) is 7.69. The van der Waals surface area contributed by atoms with Crippen LogP contribution in [0.15, 0.2) is 41.2 Å². The van der Waals surface area contributed by atoms with Crippen molar-refractivity contribution >= 4 is 40.6 Å². The molecule has 6 nitrogen and oxygen atoms in total. The summed E-state index contributed by atoms with van der Waals surface area (Å²) in [5.41, 5.74) is -1.13. The van der Waals surface area contributed by atoms with Crippen molar-refractivity contribution in [3.8, 4) is 5.69 Å². The van der Waals surface area contributed by atoms with Crippen LogP contribution in [0, 0.1) is 4.77 Å². The Kier molecular flexibility index (Phi) is 5.63. The molecular formula is C20H15ClF3N3O3S. The van der Waals surface area contributed by atoms with Crippen molar-refractivity contribution in [3.63, 3.8) is 0 Å². The van der Waals surface area contributed by atoms with Gasteiger partial charge in [-0.05, 0) is 48.6 Å². The first kappa shape index (κ1) is 21.5. The maximum absolute atomic E-state index is 13.1. The normalized spacial score (nSPS) is 14.8. The van der Waals surface area contributed by atoms with Crippen LogP contribution in [0.3, 0.4) is 0 Å². The molecule has 1 fully saturated rings. The topological polar surface area (TPSA) is 67.3 Å². The summed E-state index contributed by atoms with van der Waals surface area (Å²) in [5, 5.41) is 0.0914. The molecule has 1 aliphatic rings. The predicted molar refractivity (Wildman–Crippen MR) is 111 cm³/mol. The third kappa shape index (κ3) is 4.10. The third-order valence-corrected chi connectivity index (χ3v) is 5.56. The van der Waals surface area contributed by atoms with Gasteiger partial charge in [-0.25, -0.2) is 0 Å². The molecule has 162 valence electrons. The molecule has 3 aromatic rings. The maximum atomic E-state index is 13.1. The number of rotatable bonds is 2. The summed E-state index contributed by atoms with van der Waals surface area (Å²) < 4.78 is 45.4. The average Bonchev–Trinajstić information content (AvgIpc) is 2.74. The van der Waals surface area contributed by atoms with Gasteiger partial charge in [0.2, 0.25) is 0 Å². The number of benzene rings is 2. The number of H-pyrrole nitrogens is 1. The summed E-state index contributed by atoms with van der Waals surface area (Å²) in [6, 6.07) is 7.10. The van der Waals surface area contributed by atoms with Gasteiger partial charge in [0.1, 0.15) is 0 Å². The number of carbonyl (C=O) groups is 1. The number of carbonyl (C=O) groups excluding carboxylic acids is 1. The van der Waals surface area contributed by atoms with E-state index in [0.29, 0.717) is 37.4 Å². The van der Waals surface area contributed by atoms with Gasteiger partial charge in [-0.15, -0.1) is 0 Å². The minimum Gasteiger partial charge on any atom is -0.378 e. The van der Waals surface area contributed by atoms with Gasteiger partial charge in [-0.3, -0.25) is 14.2 Å². The van der Waals surface area contributed by atoms with Gasteiger partial charge in [0, 0.05) is 18.7 Å². The Morgan fingerprint density at radius 2 is 1.84 bits per heavy atom. The molecule has 0 unspecified atom stereocenters. The summed E-state index contributed by atoms with van der Waals surface area (Å²) in [7, 11) is 0. The van der Waals surface area contributed by atoms with E-state index < -0.39 is 17.3 Å². The largest absolute Gasteiger partial charge is 0.416 e. The van der Waals surface area contributed by atoms with Gasteiger partial charge < -0.3 is 14.6 Å². The highest BCUT2D eigenvalue weighted by molar-refractivity contribution is 7.71. The first-order valence-corrected chi connectivity index (χ1v) is 9.98. The second kappa shape index (κ2) is 8.10. The molecule has 0 spiro atoms. The van der Waals surface area contributed by atoms with E-state index in [4.69, 9.17) is 28.6 Å². The number of alkyl halides is 3. The number of nitrogens with zero attached hydrogens (tertiary/aromatic N) is 2. The Bertz CT molecular complexity index is 1300. The molecule has 1 N–H and O–H groups in total. The molecule has 1 saturated heterocycles. The van der Waals surface area contributed by atoms with Crippen LogP contribution in [0.25, 0.3) is 16.6 Å². The number of fused-ring (bicyclic) bond motifs is 1. The Balaban J connectivity index is 1.83. The first-order chi connectivity index (χ1) is 14.7. The zero-order valence-electron chi connectivity index (χ0n) is 15.8. The molecule has 2 heterocycles. The van der Waals surface area contributed by atoms with Gasteiger partial charge in [0.05, 0.1) is 40.4 Å². The number of aromatic amines is 1. The van der Waals surface area contributed by atoms with Gasteiger partial charge >= 0.3 is 6.18 Å². The molecule has 1 aliphatic heterocycles. The molecule has 2 aromatic carbocycles. The number of hydrogen-bond acceptors (Lipinski definition) is 4. The van der Waals surface area contributed by atoms with E-state index in [1.54, 1.807) is 4.90 Å². The van der Waals surface area contributed by atoms with Crippen LogP contribution in [0.2, 0.25) is 5.02 Å². The lowest BCUT2D eigenvalue weighted by Gasteiger charge is -2.26. The van der Waals surface area contributed by atoms with Crippen LogP contribution in [0.1, 0.15) is 15.9 Å². The molecule has 0 radical (unpaired) electrons. The molecular weight excluding hydrogens is 455 g/mol. The lowest BCUT2D eigenvalue weighted by Crippen LogP contribution is -2.40. The van der Waals surface area contributed by atoms with Crippen LogP contribution in [0.4, 0.5) is 13.2 Å². The minimum atomic E-state index is -4.61. The molecule has 1 amide bonds. The summed E-state index contributed by atoms with van der Waals surface area (Å²) in [4.78, 5) is 30.2. The zero-order chi connectivity index (χ0) is 22.3. The Labute approximate surface area is 183 Å². The lowest BCUT2D eigenvalue weighted by atomic mass is 10.1. The summed E-state index contributed by atoms with van der Waals surface area (Å²) in [5.74, 6) is -0.213. The van der Waals surface area contributed by atoms with Crippen molar-refractivity contribution in [3.05, 3.63) is 67.7 Å². The molecule has 31 heavy (non-hydrogen) atoms. The number of aromatic nitrogens is 2. The van der Waals surface area contributed by atoms with E-state index in [1.165, 1.54) is 18.2 Å². The number of morpholine rings is 1. The SMILES string of the molecule is O=C(c1ccc2c(=O)n(-c3cc(C(F)(F)F)ccc3Cl)c(=S)[nH]c2c1)N1CCOCC1. The van der Waals surface area contributed by atoms with E-state index in [-0.39, 0.29) is 26.8 Å². The Hall–Kier alpha value is -2.69. The standard InChI is InChI=1S/C20H15ClF3N3O3S/c21-14-4-2-12(20(22,23)24)10-16(14)27-18(29)13-3-1-11(9-15(13)25-19(27)31)17(28)26-5-7-30-8-6-26/h1-4,9-10H,5-8H2,(H,25,31). The van der Waals surface area contributed by atoms with Crippen molar-refractivity contribution in [1.29, 1.82) is 0 Å². The van der Waals surface area contributed by atoms with Gasteiger partial charge in [-0.2, -0.15) is 13.2 Å². The fraction of sp³-hybridized carbons (Fsp3) is 0.250. The fourth-order valence-electron chi connectivity index (χ4n) is 3.38. The number of halogens is 4. The number of nitrogens with one attached hydrogen (secondary N) is 1. The molecule has 4 rings (SSSR count). The highest BCUT2D eigenvalue weighted by atomic mass is 35.5. The number of hydrogen-bond donors (Lipinski definition) is 1. The van der Waals surface area contributed by atoms with E-state index in [2.05, 4.69) is 4.98 Å². The summed E-state index contributed by atoms with van der Waals surface area (Å²) >= 11 is 11.3. The Morgan fingerprint density at radius 1 is 1.13 bits per heavy atom.